The zero-order valence-corrected chi connectivity index (χ0v) is 27.7. The van der Waals surface area contributed by atoms with Crippen molar-refractivity contribution in [1.29, 1.82) is 0 Å². The maximum atomic E-state index is 14.0. The van der Waals surface area contributed by atoms with Crippen LogP contribution in [0, 0.1) is 5.82 Å². The number of hydrogen-bond acceptors (Lipinski definition) is 12. The molecule has 2 aromatic heterocycles. The number of nitrogens with zero attached hydrogens (tertiary/aromatic N) is 8. The molecule has 0 spiro atoms. The molecule has 3 N–H and O–H groups in total. The molecule has 49 heavy (non-hydrogen) atoms. The van der Waals surface area contributed by atoms with Gasteiger partial charge in [-0.15, -0.1) is 16.4 Å². The van der Waals surface area contributed by atoms with Gasteiger partial charge in [0.1, 0.15) is 18.2 Å². The Kier molecular flexibility index (Phi) is 9.13. The second kappa shape index (κ2) is 13.6. The minimum Gasteiger partial charge on any atom is -0.466 e. The lowest BCUT2D eigenvalue weighted by molar-refractivity contribution is -0.136. The van der Waals surface area contributed by atoms with Gasteiger partial charge in [0.15, 0.2) is 17.1 Å². The number of aromatic nitrogens is 4. The number of piperazine rings is 1. The third kappa shape index (κ3) is 6.65. The summed E-state index contributed by atoms with van der Waals surface area (Å²) in [6, 6.07) is 9.57. The lowest BCUT2D eigenvalue weighted by atomic mass is 9.95. The van der Waals surface area contributed by atoms with Crippen LogP contribution in [0.15, 0.2) is 76.6 Å². The topological polar surface area (TPSA) is 162 Å². The van der Waals surface area contributed by atoms with E-state index in [9.17, 15) is 24.2 Å². The van der Waals surface area contributed by atoms with E-state index in [-0.39, 0.29) is 22.7 Å². The highest BCUT2D eigenvalue weighted by Crippen LogP contribution is 2.37. The van der Waals surface area contributed by atoms with Gasteiger partial charge in [-0.05, 0) is 17.7 Å². The first-order chi connectivity index (χ1) is 23.7. The highest BCUT2D eigenvalue weighted by Gasteiger charge is 2.43. The third-order valence-electron chi connectivity index (χ3n) is 8.63. The monoisotopic (exact) mass is 707 g/mol. The minimum absolute atomic E-state index is 0.128. The van der Waals surface area contributed by atoms with E-state index in [1.807, 2.05) is 10.3 Å². The van der Waals surface area contributed by atoms with Gasteiger partial charge in [0, 0.05) is 59.6 Å². The fourth-order valence-electron chi connectivity index (χ4n) is 6.24. The number of amidine groups is 1. The minimum atomic E-state index is -1.54. The molecule has 2 atom stereocenters. The number of aliphatic imine (C=N–C) groups is 1. The van der Waals surface area contributed by atoms with Crippen molar-refractivity contribution >= 4 is 46.7 Å². The molecule has 4 aromatic rings. The number of nitrogens with one attached hydrogen (secondary N) is 1. The van der Waals surface area contributed by atoms with Crippen molar-refractivity contribution in [3.63, 3.8) is 0 Å². The fraction of sp³-hybridized carbons (Fsp3) is 0.312. The number of carbonyl (C=O) groups excluding carboxylic acids is 2. The Morgan fingerprint density at radius 3 is 2.67 bits per heavy atom. The molecule has 0 bridgehead atoms. The molecule has 2 saturated heterocycles. The van der Waals surface area contributed by atoms with Gasteiger partial charge in [0.25, 0.3) is 5.95 Å². The van der Waals surface area contributed by atoms with Crippen molar-refractivity contribution in [3.8, 4) is 0 Å². The predicted molar refractivity (Wildman–Crippen MR) is 177 cm³/mol. The zero-order valence-electron chi connectivity index (χ0n) is 26.1. The molecule has 3 aliphatic heterocycles. The number of ether oxygens (including phenoxy) is 1. The number of anilines is 1. The van der Waals surface area contributed by atoms with E-state index in [0.29, 0.717) is 72.9 Å². The third-order valence-corrected chi connectivity index (χ3v) is 9.74. The number of methoxy groups -OCH3 is 1. The van der Waals surface area contributed by atoms with Crippen LogP contribution in [0.2, 0.25) is 5.02 Å². The summed E-state index contributed by atoms with van der Waals surface area (Å²) in [6.45, 7) is 2.56. The summed E-state index contributed by atoms with van der Waals surface area (Å²) >= 11 is 7.87. The van der Waals surface area contributed by atoms with E-state index in [2.05, 4.69) is 25.3 Å². The van der Waals surface area contributed by atoms with Crippen molar-refractivity contribution in [2.45, 2.75) is 24.9 Å². The van der Waals surface area contributed by atoms with Gasteiger partial charge in [-0.3, -0.25) is 14.8 Å². The van der Waals surface area contributed by atoms with Gasteiger partial charge in [-0.25, -0.2) is 23.6 Å². The average molecular weight is 708 g/mol. The normalized spacial score (nSPS) is 19.7. The van der Waals surface area contributed by atoms with Crippen LogP contribution in [0.1, 0.15) is 34.0 Å². The van der Waals surface area contributed by atoms with E-state index in [4.69, 9.17) is 21.3 Å². The van der Waals surface area contributed by atoms with Crippen LogP contribution in [-0.2, 0) is 16.1 Å². The molecule has 254 valence electrons. The first-order valence-corrected chi connectivity index (χ1v) is 16.6. The number of hydrogen-bond donors (Lipinski definition) is 3. The number of rotatable bonds is 9. The molecular weight excluding hydrogens is 677 g/mol. The summed E-state index contributed by atoms with van der Waals surface area (Å²) in [5.41, 5.74) is 2.52. The molecule has 0 radical (unpaired) electrons. The van der Waals surface area contributed by atoms with Gasteiger partial charge in [-0.2, -0.15) is 4.98 Å². The maximum absolute atomic E-state index is 14.0. The number of amides is 2. The second-order valence-corrected chi connectivity index (χ2v) is 13.0. The Hall–Kier alpha value is -4.74. The van der Waals surface area contributed by atoms with Crippen molar-refractivity contribution in [3.05, 3.63) is 104 Å². The highest BCUT2D eigenvalue weighted by atomic mass is 35.5. The SMILES string of the molecule is COC(=O)C1=C(CN2CCN3C(=O)N(c4ncn(Cc5ccc(C(O)O)cc5)n4)C[C@@H]3C2)NC(c2nccs2)=N[C@H]1c1ccc(F)cc1Cl. The number of urea groups is 1. The van der Waals surface area contributed by atoms with Crippen LogP contribution in [0.25, 0.3) is 0 Å². The van der Waals surface area contributed by atoms with Crippen LogP contribution >= 0.6 is 22.9 Å². The zero-order chi connectivity index (χ0) is 34.2. The molecule has 2 fully saturated rings. The molecule has 2 aromatic carbocycles. The van der Waals surface area contributed by atoms with Crippen molar-refractivity contribution in [1.82, 2.24) is 34.9 Å². The molecule has 5 heterocycles. The lowest BCUT2D eigenvalue weighted by Crippen LogP contribution is -2.53. The average Bonchev–Trinajstić information content (AvgIpc) is 3.86. The van der Waals surface area contributed by atoms with Crippen molar-refractivity contribution in [2.75, 3.05) is 44.7 Å². The number of halogens is 2. The van der Waals surface area contributed by atoms with E-state index in [1.165, 1.54) is 36.6 Å². The molecular formula is C32H31ClFN9O5S. The van der Waals surface area contributed by atoms with E-state index in [1.54, 1.807) is 46.4 Å². The molecule has 2 amide bonds. The van der Waals surface area contributed by atoms with E-state index >= 15 is 0 Å². The summed E-state index contributed by atoms with van der Waals surface area (Å²) in [6.07, 6.45) is 1.67. The quantitative estimate of drug-likeness (QED) is 0.174. The summed E-state index contributed by atoms with van der Waals surface area (Å²) in [7, 11) is 1.29. The Morgan fingerprint density at radius 1 is 1.14 bits per heavy atom. The fourth-order valence-corrected chi connectivity index (χ4v) is 7.10. The summed E-state index contributed by atoms with van der Waals surface area (Å²) < 4.78 is 20.8. The summed E-state index contributed by atoms with van der Waals surface area (Å²) in [5.74, 6) is -0.362. The van der Waals surface area contributed by atoms with E-state index < -0.39 is 24.1 Å². The Morgan fingerprint density at radius 2 is 1.96 bits per heavy atom. The van der Waals surface area contributed by atoms with Gasteiger partial charge in [0.05, 0.1) is 31.8 Å². The predicted octanol–water partition coefficient (Wildman–Crippen LogP) is 2.70. The van der Waals surface area contributed by atoms with Gasteiger partial charge in [-0.1, -0.05) is 41.9 Å². The number of aliphatic hydroxyl groups excluding tert-OH is 1. The van der Waals surface area contributed by atoms with Crippen molar-refractivity contribution in [2.24, 2.45) is 4.99 Å². The van der Waals surface area contributed by atoms with Gasteiger partial charge < -0.3 is 25.2 Å². The molecule has 17 heteroatoms. The first kappa shape index (κ1) is 32.8. The summed E-state index contributed by atoms with van der Waals surface area (Å²) in [4.78, 5) is 45.9. The number of fused-ring (bicyclic) bond motifs is 1. The van der Waals surface area contributed by atoms with E-state index in [0.717, 1.165) is 5.56 Å². The van der Waals surface area contributed by atoms with Crippen LogP contribution in [0.5, 0.6) is 0 Å². The first-order valence-electron chi connectivity index (χ1n) is 15.3. The maximum Gasteiger partial charge on any atom is 0.338 e. The standard InChI is InChI=1S/C32H31ClFN9O5S/c1-48-30(46)25-24(37-27(28-35-8-11-49-28)38-26(25)22-7-6-20(34)12-23(22)33)16-40-9-10-42-21(14-40)15-43(32(42)47)31-36-17-41(39-31)13-18-2-4-19(5-3-18)29(44)45/h2-8,11-12,17,21,26,29,44-45H,9-10,13-16H2,1H3,(H,37,38)/t21-,26-/m0/s1. The number of carbonyl (C=O) groups is 2. The molecule has 3 aliphatic rings. The van der Waals surface area contributed by atoms with Gasteiger partial charge >= 0.3 is 12.0 Å². The van der Waals surface area contributed by atoms with Crippen LogP contribution in [0.4, 0.5) is 15.1 Å². The van der Waals surface area contributed by atoms with Gasteiger partial charge in [0.2, 0.25) is 0 Å². The highest BCUT2D eigenvalue weighted by molar-refractivity contribution is 7.11. The van der Waals surface area contributed by atoms with Crippen molar-refractivity contribution < 1.29 is 28.9 Å². The van der Waals surface area contributed by atoms with Crippen LogP contribution in [0.3, 0.4) is 0 Å². The van der Waals surface area contributed by atoms with Crippen LogP contribution < -0.4 is 10.2 Å². The molecule has 14 nitrogen and oxygen atoms in total. The van der Waals surface area contributed by atoms with Crippen LogP contribution in [-0.4, -0.2) is 103 Å². The molecule has 0 saturated carbocycles. The summed E-state index contributed by atoms with van der Waals surface area (Å²) in [5, 5.41) is 29.1. The number of aliphatic hydroxyl groups is 2. The molecule has 0 aliphatic carbocycles. The molecule has 7 rings (SSSR count). The Labute approximate surface area is 288 Å². The second-order valence-electron chi connectivity index (χ2n) is 11.7. The smallest absolute Gasteiger partial charge is 0.338 e. The number of thiazole rings is 1. The number of benzene rings is 2. The Balaban J connectivity index is 1.10. The number of esters is 1. The Bertz CT molecular complexity index is 1930. The largest absolute Gasteiger partial charge is 0.466 e. The molecule has 0 unspecified atom stereocenters. The lowest BCUT2D eigenvalue weighted by Gasteiger charge is -2.38.